The maximum atomic E-state index is 11.7. The molecule has 1 aromatic rings. The third-order valence-electron chi connectivity index (χ3n) is 2.42. The van der Waals surface area contributed by atoms with Gasteiger partial charge in [-0.15, -0.1) is 0 Å². The van der Waals surface area contributed by atoms with Crippen molar-refractivity contribution in [3.05, 3.63) is 24.0 Å². The molecule has 2 heterocycles. The van der Waals surface area contributed by atoms with E-state index in [4.69, 9.17) is 5.11 Å². The van der Waals surface area contributed by atoms with Crippen molar-refractivity contribution < 1.29 is 9.90 Å². The fourth-order valence-electron chi connectivity index (χ4n) is 1.45. The SMILES string of the molecule is CNc1ccc(C(=O)N2CC(O)C2)nc1. The van der Waals surface area contributed by atoms with Crippen LogP contribution in [0.1, 0.15) is 10.5 Å². The van der Waals surface area contributed by atoms with Gasteiger partial charge in [-0.1, -0.05) is 0 Å². The molecular weight excluding hydrogens is 194 g/mol. The predicted molar refractivity (Wildman–Crippen MR) is 55.7 cm³/mol. The number of aliphatic hydroxyl groups is 1. The Hall–Kier alpha value is -1.62. The van der Waals surface area contributed by atoms with Gasteiger partial charge < -0.3 is 15.3 Å². The van der Waals surface area contributed by atoms with Crippen LogP contribution in [0.25, 0.3) is 0 Å². The van der Waals surface area contributed by atoms with Gasteiger partial charge in [0.05, 0.1) is 18.0 Å². The highest BCUT2D eigenvalue weighted by molar-refractivity contribution is 5.93. The number of rotatable bonds is 2. The van der Waals surface area contributed by atoms with Crippen LogP contribution in [-0.2, 0) is 0 Å². The highest BCUT2D eigenvalue weighted by Gasteiger charge is 2.29. The van der Waals surface area contributed by atoms with Crippen molar-refractivity contribution in [3.8, 4) is 0 Å². The van der Waals surface area contributed by atoms with Crippen molar-refractivity contribution in [2.75, 3.05) is 25.5 Å². The maximum absolute atomic E-state index is 11.7. The first-order valence-corrected chi connectivity index (χ1v) is 4.82. The number of carbonyl (C=O) groups is 1. The quantitative estimate of drug-likeness (QED) is 0.713. The Morgan fingerprint density at radius 1 is 1.60 bits per heavy atom. The molecule has 0 unspecified atom stereocenters. The number of carbonyl (C=O) groups excluding carboxylic acids is 1. The fourth-order valence-corrected chi connectivity index (χ4v) is 1.45. The second kappa shape index (κ2) is 3.86. The molecule has 0 bridgehead atoms. The van der Waals surface area contributed by atoms with Gasteiger partial charge in [-0.2, -0.15) is 0 Å². The minimum Gasteiger partial charge on any atom is -0.389 e. The zero-order valence-electron chi connectivity index (χ0n) is 8.47. The first kappa shape index (κ1) is 9.92. The highest BCUT2D eigenvalue weighted by Crippen LogP contribution is 2.13. The van der Waals surface area contributed by atoms with Gasteiger partial charge >= 0.3 is 0 Å². The number of β-amino-alcohol motifs (C(OH)–C–C–N with tert-alkyl or cyclic N) is 1. The molecular formula is C10H13N3O2. The number of pyridine rings is 1. The second-order valence-electron chi connectivity index (χ2n) is 3.55. The van der Waals surface area contributed by atoms with Gasteiger partial charge in [0.2, 0.25) is 0 Å². The van der Waals surface area contributed by atoms with Crippen LogP contribution >= 0.6 is 0 Å². The normalized spacial score (nSPS) is 16.0. The zero-order chi connectivity index (χ0) is 10.8. The molecule has 0 aliphatic carbocycles. The Morgan fingerprint density at radius 3 is 2.80 bits per heavy atom. The number of nitrogens with zero attached hydrogens (tertiary/aromatic N) is 2. The molecule has 1 aliphatic rings. The lowest BCUT2D eigenvalue weighted by Crippen LogP contribution is -2.53. The van der Waals surface area contributed by atoms with Crippen molar-refractivity contribution in [3.63, 3.8) is 0 Å². The van der Waals surface area contributed by atoms with Crippen LogP contribution < -0.4 is 5.32 Å². The summed E-state index contributed by atoms with van der Waals surface area (Å²) in [6, 6.07) is 3.48. The van der Waals surface area contributed by atoms with E-state index in [2.05, 4.69) is 10.3 Å². The third-order valence-corrected chi connectivity index (χ3v) is 2.42. The lowest BCUT2D eigenvalue weighted by molar-refractivity contribution is 0.00551. The molecule has 1 aromatic heterocycles. The first-order valence-electron chi connectivity index (χ1n) is 4.82. The molecule has 80 valence electrons. The molecule has 0 spiro atoms. The van der Waals surface area contributed by atoms with Crippen molar-refractivity contribution in [1.29, 1.82) is 0 Å². The van der Waals surface area contributed by atoms with Crippen LogP contribution in [-0.4, -0.2) is 47.1 Å². The van der Waals surface area contributed by atoms with E-state index in [1.54, 1.807) is 30.3 Å². The minimum absolute atomic E-state index is 0.122. The molecule has 0 saturated carbocycles. The summed E-state index contributed by atoms with van der Waals surface area (Å²) in [5.41, 5.74) is 1.29. The number of aliphatic hydroxyl groups excluding tert-OH is 1. The average Bonchev–Trinajstić information content (AvgIpc) is 2.24. The highest BCUT2D eigenvalue weighted by atomic mass is 16.3. The molecule has 2 rings (SSSR count). The van der Waals surface area contributed by atoms with Gasteiger partial charge in [0.25, 0.3) is 5.91 Å². The number of hydrogen-bond donors (Lipinski definition) is 2. The summed E-state index contributed by atoms with van der Waals surface area (Å²) in [4.78, 5) is 17.3. The Balaban J connectivity index is 2.06. The molecule has 0 aromatic carbocycles. The van der Waals surface area contributed by atoms with Crippen molar-refractivity contribution >= 4 is 11.6 Å². The number of anilines is 1. The molecule has 0 atom stereocenters. The van der Waals surface area contributed by atoms with Crippen LogP contribution in [0.5, 0.6) is 0 Å². The van der Waals surface area contributed by atoms with E-state index in [-0.39, 0.29) is 12.0 Å². The molecule has 5 nitrogen and oxygen atoms in total. The van der Waals surface area contributed by atoms with Gasteiger partial charge in [-0.05, 0) is 12.1 Å². The fraction of sp³-hybridized carbons (Fsp3) is 0.400. The number of nitrogens with one attached hydrogen (secondary N) is 1. The Labute approximate surface area is 87.7 Å². The lowest BCUT2D eigenvalue weighted by Gasteiger charge is -2.35. The largest absolute Gasteiger partial charge is 0.389 e. The number of amides is 1. The Kier molecular flexibility index (Phi) is 2.55. The van der Waals surface area contributed by atoms with Gasteiger partial charge in [0.15, 0.2) is 0 Å². The summed E-state index contributed by atoms with van der Waals surface area (Å²) in [6.45, 7) is 0.822. The molecule has 1 aliphatic heterocycles. The van der Waals surface area contributed by atoms with E-state index in [0.717, 1.165) is 5.69 Å². The van der Waals surface area contributed by atoms with Crippen LogP contribution in [0, 0.1) is 0 Å². The monoisotopic (exact) mass is 207 g/mol. The standard InChI is InChI=1S/C10H13N3O2/c1-11-7-2-3-9(12-4-7)10(15)13-5-8(14)6-13/h2-4,8,11,14H,5-6H2,1H3. The van der Waals surface area contributed by atoms with E-state index in [1.807, 2.05) is 0 Å². The average molecular weight is 207 g/mol. The summed E-state index contributed by atoms with van der Waals surface area (Å²) in [7, 11) is 1.80. The molecule has 5 heteroatoms. The summed E-state index contributed by atoms with van der Waals surface area (Å²) in [6.07, 6.45) is 1.24. The number of likely N-dealkylation sites (tertiary alicyclic amines) is 1. The predicted octanol–water partition coefficient (Wildman–Crippen LogP) is -0.0600. The van der Waals surface area contributed by atoms with Crippen LogP contribution in [0.4, 0.5) is 5.69 Å². The topological polar surface area (TPSA) is 65.5 Å². The Bertz CT molecular complexity index is 357. The zero-order valence-corrected chi connectivity index (χ0v) is 8.47. The summed E-state index contributed by atoms with van der Waals surface area (Å²) >= 11 is 0. The molecule has 1 amide bonds. The van der Waals surface area contributed by atoms with E-state index in [0.29, 0.717) is 18.8 Å². The number of hydrogen-bond acceptors (Lipinski definition) is 4. The smallest absolute Gasteiger partial charge is 0.272 e. The molecule has 1 saturated heterocycles. The minimum atomic E-state index is -0.370. The third kappa shape index (κ3) is 1.92. The van der Waals surface area contributed by atoms with Crippen molar-refractivity contribution in [2.45, 2.75) is 6.10 Å². The van der Waals surface area contributed by atoms with Crippen molar-refractivity contribution in [1.82, 2.24) is 9.88 Å². The van der Waals surface area contributed by atoms with Crippen LogP contribution in [0.15, 0.2) is 18.3 Å². The molecule has 15 heavy (non-hydrogen) atoms. The van der Waals surface area contributed by atoms with Crippen molar-refractivity contribution in [2.24, 2.45) is 0 Å². The molecule has 2 N–H and O–H groups in total. The van der Waals surface area contributed by atoms with Crippen LogP contribution in [0.3, 0.4) is 0 Å². The molecule has 1 fully saturated rings. The van der Waals surface area contributed by atoms with Gasteiger partial charge in [-0.3, -0.25) is 4.79 Å². The van der Waals surface area contributed by atoms with Gasteiger partial charge in [0, 0.05) is 20.1 Å². The van der Waals surface area contributed by atoms with E-state index in [1.165, 1.54) is 0 Å². The second-order valence-corrected chi connectivity index (χ2v) is 3.55. The summed E-state index contributed by atoms with van der Waals surface area (Å²) < 4.78 is 0. The van der Waals surface area contributed by atoms with E-state index in [9.17, 15) is 4.79 Å². The van der Waals surface area contributed by atoms with Gasteiger partial charge in [0.1, 0.15) is 5.69 Å². The lowest BCUT2D eigenvalue weighted by atomic mass is 10.1. The first-order chi connectivity index (χ1) is 7.20. The van der Waals surface area contributed by atoms with E-state index >= 15 is 0 Å². The van der Waals surface area contributed by atoms with E-state index < -0.39 is 0 Å². The van der Waals surface area contributed by atoms with Crippen LogP contribution in [0.2, 0.25) is 0 Å². The Morgan fingerprint density at radius 2 is 2.33 bits per heavy atom. The maximum Gasteiger partial charge on any atom is 0.272 e. The van der Waals surface area contributed by atoms with Gasteiger partial charge in [-0.25, -0.2) is 4.98 Å². The molecule has 0 radical (unpaired) electrons. The summed E-state index contributed by atoms with van der Waals surface area (Å²) in [5.74, 6) is -0.122. The number of aromatic nitrogens is 1. The summed E-state index contributed by atoms with van der Waals surface area (Å²) in [5, 5.41) is 12.0.